The van der Waals surface area contributed by atoms with Crippen molar-refractivity contribution in [1.29, 1.82) is 0 Å². The van der Waals surface area contributed by atoms with Crippen LogP contribution in [0.25, 0.3) is 11.0 Å². The minimum Gasteiger partial charge on any atom is -0.380 e. The molecule has 1 N–H and O–H groups in total. The summed E-state index contributed by atoms with van der Waals surface area (Å²) in [7, 11) is 0. The van der Waals surface area contributed by atoms with Crippen LogP contribution in [0.2, 0.25) is 0 Å². The smallest absolute Gasteiger partial charge is 0.326 e. The zero-order chi connectivity index (χ0) is 18.5. The summed E-state index contributed by atoms with van der Waals surface area (Å²) in [6, 6.07) is 5.87. The molecule has 3 rings (SSSR count). The van der Waals surface area contributed by atoms with E-state index in [2.05, 4.69) is 11.9 Å². The molecule has 1 amide bonds. The molecular formula is C20H29N3O3. The molecule has 1 aliphatic carbocycles. The highest BCUT2D eigenvalue weighted by atomic mass is 16.5. The summed E-state index contributed by atoms with van der Waals surface area (Å²) >= 11 is 0. The molecule has 0 bridgehead atoms. The Labute approximate surface area is 154 Å². The highest BCUT2D eigenvalue weighted by Crippen LogP contribution is 2.25. The fourth-order valence-corrected chi connectivity index (χ4v) is 3.89. The van der Waals surface area contributed by atoms with Crippen LogP contribution in [0.5, 0.6) is 0 Å². The molecule has 6 nitrogen and oxygen atoms in total. The number of aromatic nitrogens is 2. The molecular weight excluding hydrogens is 330 g/mol. The van der Waals surface area contributed by atoms with Gasteiger partial charge in [-0.1, -0.05) is 19.8 Å². The first kappa shape index (κ1) is 18.7. The molecule has 6 heteroatoms. The van der Waals surface area contributed by atoms with Gasteiger partial charge in [0.2, 0.25) is 0 Å². The van der Waals surface area contributed by atoms with Crippen molar-refractivity contribution in [3.05, 3.63) is 34.2 Å². The minimum atomic E-state index is -0.162. The number of imidazole rings is 1. The Balaban J connectivity index is 1.85. The summed E-state index contributed by atoms with van der Waals surface area (Å²) < 4.78 is 7.02. The van der Waals surface area contributed by atoms with E-state index in [0.717, 1.165) is 31.3 Å². The molecule has 1 aromatic heterocycles. The fourth-order valence-electron chi connectivity index (χ4n) is 3.89. The van der Waals surface area contributed by atoms with Gasteiger partial charge in [0.05, 0.1) is 24.2 Å². The van der Waals surface area contributed by atoms with Crippen LogP contribution >= 0.6 is 0 Å². The van der Waals surface area contributed by atoms with Crippen molar-refractivity contribution in [2.24, 2.45) is 0 Å². The Morgan fingerprint density at radius 1 is 1.31 bits per heavy atom. The molecule has 0 radical (unpaired) electrons. The van der Waals surface area contributed by atoms with Crippen LogP contribution in [0.15, 0.2) is 23.0 Å². The van der Waals surface area contributed by atoms with Gasteiger partial charge in [0.1, 0.15) is 0 Å². The Bertz CT molecular complexity index is 802. The molecule has 26 heavy (non-hydrogen) atoms. The second-order valence-electron chi connectivity index (χ2n) is 6.95. The largest absolute Gasteiger partial charge is 0.380 e. The van der Waals surface area contributed by atoms with Gasteiger partial charge in [-0.15, -0.1) is 0 Å². The molecule has 0 unspecified atom stereocenters. The first-order valence-corrected chi connectivity index (χ1v) is 9.77. The maximum atomic E-state index is 13.1. The zero-order valence-corrected chi connectivity index (χ0v) is 15.8. The highest BCUT2D eigenvalue weighted by Gasteiger charge is 2.27. The normalized spacial score (nSPS) is 15.0. The van der Waals surface area contributed by atoms with Crippen molar-refractivity contribution < 1.29 is 9.53 Å². The summed E-state index contributed by atoms with van der Waals surface area (Å²) in [5, 5.41) is 0. The van der Waals surface area contributed by atoms with Crippen molar-refractivity contribution in [3.8, 4) is 0 Å². The van der Waals surface area contributed by atoms with Crippen LogP contribution in [-0.2, 0) is 11.3 Å². The molecule has 2 aromatic rings. The molecule has 0 aliphatic heterocycles. The van der Waals surface area contributed by atoms with Gasteiger partial charge in [0, 0.05) is 24.8 Å². The summed E-state index contributed by atoms with van der Waals surface area (Å²) in [5.74, 6) is 0.0727. The Hall–Kier alpha value is -2.08. The van der Waals surface area contributed by atoms with Gasteiger partial charge in [-0.2, -0.15) is 0 Å². The van der Waals surface area contributed by atoms with E-state index >= 15 is 0 Å². The van der Waals surface area contributed by atoms with Gasteiger partial charge in [0.25, 0.3) is 5.91 Å². The standard InChI is InChI=1S/C20H29N3O3/c1-3-11-22(16-7-5-6-8-16)19(24)15-9-10-18-17(14-15)21-20(25)23(18)12-13-26-4-2/h9-10,14,16H,3-8,11-13H2,1-2H3,(H,21,25). The lowest BCUT2D eigenvalue weighted by atomic mass is 10.1. The molecule has 1 saturated carbocycles. The van der Waals surface area contributed by atoms with Gasteiger partial charge < -0.3 is 14.6 Å². The first-order valence-electron chi connectivity index (χ1n) is 9.77. The van der Waals surface area contributed by atoms with Gasteiger partial charge in [0.15, 0.2) is 0 Å². The zero-order valence-electron chi connectivity index (χ0n) is 15.8. The number of amides is 1. The van der Waals surface area contributed by atoms with Gasteiger partial charge >= 0.3 is 5.69 Å². The van der Waals surface area contributed by atoms with E-state index in [1.807, 2.05) is 30.0 Å². The number of aromatic amines is 1. The number of carbonyl (C=O) groups is 1. The summed E-state index contributed by atoms with van der Waals surface area (Å²) in [5.41, 5.74) is 2.01. The summed E-state index contributed by atoms with van der Waals surface area (Å²) in [6.07, 6.45) is 5.55. The summed E-state index contributed by atoms with van der Waals surface area (Å²) in [4.78, 5) is 30.2. The van der Waals surface area contributed by atoms with Crippen molar-refractivity contribution in [2.45, 2.75) is 58.5 Å². The number of hydrogen-bond donors (Lipinski definition) is 1. The van der Waals surface area contributed by atoms with E-state index in [9.17, 15) is 9.59 Å². The topological polar surface area (TPSA) is 67.3 Å². The van der Waals surface area contributed by atoms with Crippen LogP contribution in [-0.4, -0.2) is 46.2 Å². The van der Waals surface area contributed by atoms with Crippen molar-refractivity contribution in [1.82, 2.24) is 14.5 Å². The van der Waals surface area contributed by atoms with Crippen LogP contribution in [0.1, 0.15) is 56.3 Å². The Morgan fingerprint density at radius 2 is 2.08 bits per heavy atom. The number of benzene rings is 1. The third kappa shape index (κ3) is 3.85. The number of rotatable bonds is 8. The predicted molar refractivity (Wildman–Crippen MR) is 103 cm³/mol. The quantitative estimate of drug-likeness (QED) is 0.736. The molecule has 1 aliphatic rings. The molecule has 0 saturated heterocycles. The lowest BCUT2D eigenvalue weighted by molar-refractivity contribution is 0.0681. The number of nitrogens with zero attached hydrogens (tertiary/aromatic N) is 2. The molecule has 1 fully saturated rings. The molecule has 1 heterocycles. The van der Waals surface area contributed by atoms with Crippen LogP contribution in [0, 0.1) is 0 Å². The maximum Gasteiger partial charge on any atom is 0.326 e. The van der Waals surface area contributed by atoms with Crippen molar-refractivity contribution in [3.63, 3.8) is 0 Å². The van der Waals surface area contributed by atoms with Gasteiger partial charge in [-0.05, 0) is 44.4 Å². The molecule has 0 spiro atoms. The van der Waals surface area contributed by atoms with Gasteiger partial charge in [-0.25, -0.2) is 4.79 Å². The van der Waals surface area contributed by atoms with E-state index in [1.165, 1.54) is 12.8 Å². The number of nitrogens with one attached hydrogen (secondary N) is 1. The average Bonchev–Trinajstić information content (AvgIpc) is 3.27. The predicted octanol–water partition coefficient (Wildman–Crippen LogP) is 3.16. The number of ether oxygens (including phenoxy) is 1. The number of fused-ring (bicyclic) bond motifs is 1. The van der Waals surface area contributed by atoms with E-state index in [4.69, 9.17) is 4.74 Å². The maximum absolute atomic E-state index is 13.1. The Kier molecular flexibility index (Phi) is 6.14. The second-order valence-corrected chi connectivity index (χ2v) is 6.95. The third-order valence-electron chi connectivity index (χ3n) is 5.18. The Morgan fingerprint density at radius 3 is 2.77 bits per heavy atom. The molecule has 142 valence electrons. The van der Waals surface area contributed by atoms with Gasteiger partial charge in [-0.3, -0.25) is 9.36 Å². The SMILES string of the molecule is CCCN(C(=O)c1ccc2c(c1)[nH]c(=O)n2CCOCC)C1CCCC1. The molecule has 1 aromatic carbocycles. The third-order valence-corrected chi connectivity index (χ3v) is 5.18. The average molecular weight is 359 g/mol. The lowest BCUT2D eigenvalue weighted by Crippen LogP contribution is -2.39. The van der Waals surface area contributed by atoms with Crippen molar-refractivity contribution in [2.75, 3.05) is 19.8 Å². The van der Waals surface area contributed by atoms with Crippen molar-refractivity contribution >= 4 is 16.9 Å². The number of hydrogen-bond acceptors (Lipinski definition) is 3. The highest BCUT2D eigenvalue weighted by molar-refractivity contribution is 5.97. The monoisotopic (exact) mass is 359 g/mol. The summed E-state index contributed by atoms with van der Waals surface area (Å²) in [6.45, 7) is 6.45. The lowest BCUT2D eigenvalue weighted by Gasteiger charge is -2.28. The molecule has 0 atom stereocenters. The van der Waals surface area contributed by atoms with E-state index in [0.29, 0.717) is 36.9 Å². The van der Waals surface area contributed by atoms with Crippen LogP contribution in [0.4, 0.5) is 0 Å². The minimum absolute atomic E-state index is 0.0727. The fraction of sp³-hybridized carbons (Fsp3) is 0.600. The second kappa shape index (κ2) is 8.54. The first-order chi connectivity index (χ1) is 12.7. The van der Waals surface area contributed by atoms with E-state index < -0.39 is 0 Å². The van der Waals surface area contributed by atoms with Crippen LogP contribution in [0.3, 0.4) is 0 Å². The van der Waals surface area contributed by atoms with E-state index in [-0.39, 0.29) is 11.6 Å². The van der Waals surface area contributed by atoms with Crippen LogP contribution < -0.4 is 5.69 Å². The number of H-pyrrole nitrogens is 1. The van der Waals surface area contributed by atoms with E-state index in [1.54, 1.807) is 4.57 Å². The number of carbonyl (C=O) groups excluding carboxylic acids is 1.